The van der Waals surface area contributed by atoms with Gasteiger partial charge in [-0.2, -0.15) is 0 Å². The number of hydrogen-bond donors (Lipinski definition) is 1. The van der Waals surface area contributed by atoms with E-state index < -0.39 is 0 Å². The van der Waals surface area contributed by atoms with Gasteiger partial charge in [-0.1, -0.05) is 13.8 Å². The topological polar surface area (TPSA) is 41.6 Å². The van der Waals surface area contributed by atoms with Crippen LogP contribution >= 0.6 is 0 Å². The third-order valence-corrected chi connectivity index (χ3v) is 2.34. The number of nitrogens with one attached hydrogen (secondary N) is 1. The monoisotopic (exact) mass is 216 g/mol. The maximum absolute atomic E-state index is 11.4. The smallest absolute Gasteiger partial charge is 0.322 e. The summed E-state index contributed by atoms with van der Waals surface area (Å²) in [7, 11) is 3.51. The lowest BCUT2D eigenvalue weighted by Crippen LogP contribution is -2.40. The molecule has 0 aliphatic rings. The first kappa shape index (κ1) is 14.4. The first-order valence-electron chi connectivity index (χ1n) is 5.65. The second-order valence-corrected chi connectivity index (χ2v) is 3.73. The minimum absolute atomic E-state index is 0.165. The van der Waals surface area contributed by atoms with Crippen LogP contribution < -0.4 is 5.32 Å². The van der Waals surface area contributed by atoms with Crippen LogP contribution in [0.4, 0.5) is 0 Å². The molecular weight excluding hydrogens is 192 g/mol. The fraction of sp³-hybridized carbons (Fsp3) is 0.909. The van der Waals surface area contributed by atoms with E-state index in [1.807, 2.05) is 6.92 Å². The zero-order valence-electron chi connectivity index (χ0n) is 10.4. The molecular formula is C11H24N2O2. The Morgan fingerprint density at radius 2 is 2.07 bits per heavy atom. The Labute approximate surface area is 93.0 Å². The third kappa shape index (κ3) is 6.47. The lowest BCUT2D eigenvalue weighted by Gasteiger charge is -2.20. The summed E-state index contributed by atoms with van der Waals surface area (Å²) in [5, 5.41) is 3.13. The van der Waals surface area contributed by atoms with Crippen molar-refractivity contribution >= 4 is 5.97 Å². The number of carbonyl (C=O) groups is 1. The highest BCUT2D eigenvalue weighted by Gasteiger charge is 2.17. The fourth-order valence-electron chi connectivity index (χ4n) is 1.53. The van der Waals surface area contributed by atoms with Crippen molar-refractivity contribution in [2.75, 3.05) is 33.8 Å². The van der Waals surface area contributed by atoms with Gasteiger partial charge in [-0.25, -0.2) is 0 Å². The van der Waals surface area contributed by atoms with Crippen LogP contribution in [0.1, 0.15) is 26.7 Å². The molecule has 0 aliphatic carbocycles. The lowest BCUT2D eigenvalue weighted by atomic mass is 10.2. The molecule has 0 amide bonds. The van der Waals surface area contributed by atoms with Crippen molar-refractivity contribution in [1.29, 1.82) is 0 Å². The van der Waals surface area contributed by atoms with Gasteiger partial charge < -0.3 is 15.0 Å². The Kier molecular flexibility index (Phi) is 8.33. The molecule has 15 heavy (non-hydrogen) atoms. The molecule has 1 N–H and O–H groups in total. The minimum atomic E-state index is -0.167. The Morgan fingerprint density at radius 1 is 1.40 bits per heavy atom. The number of ether oxygens (including phenoxy) is 1. The largest absolute Gasteiger partial charge is 0.468 e. The van der Waals surface area contributed by atoms with Crippen molar-refractivity contribution in [3.63, 3.8) is 0 Å². The van der Waals surface area contributed by atoms with Crippen LogP contribution in [0, 0.1) is 0 Å². The van der Waals surface area contributed by atoms with Crippen LogP contribution in [0.25, 0.3) is 0 Å². The first-order chi connectivity index (χ1) is 7.15. The summed E-state index contributed by atoms with van der Waals surface area (Å²) >= 11 is 0. The molecule has 0 saturated heterocycles. The standard InChI is InChI=1S/C11H24N2O2/c1-5-8-13(3)9-7-10(12-6-2)11(14)15-4/h10,12H,5-9H2,1-4H3. The van der Waals surface area contributed by atoms with E-state index in [0.717, 1.165) is 32.5 Å². The molecule has 0 aromatic carbocycles. The average molecular weight is 216 g/mol. The van der Waals surface area contributed by atoms with Crippen molar-refractivity contribution < 1.29 is 9.53 Å². The molecule has 1 atom stereocenters. The van der Waals surface area contributed by atoms with E-state index in [1.165, 1.54) is 7.11 Å². The van der Waals surface area contributed by atoms with Gasteiger partial charge in [0.2, 0.25) is 0 Å². The van der Waals surface area contributed by atoms with Gasteiger partial charge >= 0.3 is 5.97 Å². The molecule has 1 unspecified atom stereocenters. The number of rotatable bonds is 8. The second kappa shape index (κ2) is 8.68. The first-order valence-corrected chi connectivity index (χ1v) is 5.65. The molecule has 90 valence electrons. The van der Waals surface area contributed by atoms with Crippen LogP contribution in [0.2, 0.25) is 0 Å². The molecule has 4 heteroatoms. The molecule has 0 heterocycles. The highest BCUT2D eigenvalue weighted by atomic mass is 16.5. The number of methoxy groups -OCH3 is 1. The molecule has 0 fully saturated rings. The van der Waals surface area contributed by atoms with Crippen molar-refractivity contribution in [1.82, 2.24) is 10.2 Å². The summed E-state index contributed by atoms with van der Waals surface area (Å²) in [6.07, 6.45) is 1.94. The van der Waals surface area contributed by atoms with Gasteiger partial charge in [-0.15, -0.1) is 0 Å². The van der Waals surface area contributed by atoms with E-state index >= 15 is 0 Å². The summed E-state index contributed by atoms with van der Waals surface area (Å²) in [4.78, 5) is 13.6. The summed E-state index contributed by atoms with van der Waals surface area (Å²) in [6, 6.07) is -0.167. The Bertz CT molecular complexity index is 174. The van der Waals surface area contributed by atoms with E-state index in [9.17, 15) is 4.79 Å². The number of likely N-dealkylation sites (N-methyl/N-ethyl adjacent to an activating group) is 1. The van der Waals surface area contributed by atoms with Crippen LogP contribution in [0.15, 0.2) is 0 Å². The quantitative estimate of drug-likeness (QED) is 0.611. The zero-order valence-corrected chi connectivity index (χ0v) is 10.4. The van der Waals surface area contributed by atoms with E-state index in [-0.39, 0.29) is 12.0 Å². The summed E-state index contributed by atoms with van der Waals surface area (Å²) in [5.74, 6) is -0.165. The van der Waals surface area contributed by atoms with Crippen LogP contribution in [0.3, 0.4) is 0 Å². The van der Waals surface area contributed by atoms with Gasteiger partial charge in [0.15, 0.2) is 0 Å². The van der Waals surface area contributed by atoms with Gasteiger partial charge in [-0.05, 0) is 39.5 Å². The van der Waals surface area contributed by atoms with E-state index in [0.29, 0.717) is 0 Å². The normalized spacial score (nSPS) is 12.9. The molecule has 0 spiro atoms. The second-order valence-electron chi connectivity index (χ2n) is 3.73. The molecule has 0 rings (SSSR count). The minimum Gasteiger partial charge on any atom is -0.468 e. The Hall–Kier alpha value is -0.610. The maximum atomic E-state index is 11.4. The summed E-state index contributed by atoms with van der Waals surface area (Å²) in [6.45, 7) is 6.92. The number of esters is 1. The predicted molar refractivity (Wildman–Crippen MR) is 61.9 cm³/mol. The highest BCUT2D eigenvalue weighted by molar-refractivity contribution is 5.75. The van der Waals surface area contributed by atoms with Gasteiger partial charge in [0, 0.05) is 0 Å². The molecule has 4 nitrogen and oxygen atoms in total. The number of hydrogen-bond acceptors (Lipinski definition) is 4. The van der Waals surface area contributed by atoms with Crippen LogP contribution in [0.5, 0.6) is 0 Å². The molecule has 0 radical (unpaired) electrons. The lowest BCUT2D eigenvalue weighted by molar-refractivity contribution is -0.143. The molecule has 0 saturated carbocycles. The zero-order chi connectivity index (χ0) is 11.7. The number of carbonyl (C=O) groups excluding carboxylic acids is 1. The van der Waals surface area contributed by atoms with E-state index in [2.05, 4.69) is 24.2 Å². The third-order valence-electron chi connectivity index (χ3n) is 2.34. The molecule has 0 aromatic heterocycles. The van der Waals surface area contributed by atoms with Crippen LogP contribution in [-0.2, 0) is 9.53 Å². The van der Waals surface area contributed by atoms with Crippen molar-refractivity contribution in [2.24, 2.45) is 0 Å². The van der Waals surface area contributed by atoms with Crippen molar-refractivity contribution in [3.8, 4) is 0 Å². The fourth-order valence-corrected chi connectivity index (χ4v) is 1.53. The molecule has 0 aliphatic heterocycles. The predicted octanol–water partition coefficient (Wildman–Crippen LogP) is 0.869. The summed E-state index contributed by atoms with van der Waals surface area (Å²) < 4.78 is 4.74. The highest BCUT2D eigenvalue weighted by Crippen LogP contribution is 1.98. The Balaban J connectivity index is 3.89. The van der Waals surface area contributed by atoms with Gasteiger partial charge in [-0.3, -0.25) is 4.79 Å². The molecule has 0 aromatic rings. The van der Waals surface area contributed by atoms with Crippen molar-refractivity contribution in [2.45, 2.75) is 32.7 Å². The van der Waals surface area contributed by atoms with Crippen LogP contribution in [-0.4, -0.2) is 50.7 Å². The van der Waals surface area contributed by atoms with Gasteiger partial charge in [0.25, 0.3) is 0 Å². The van der Waals surface area contributed by atoms with Gasteiger partial charge in [0.1, 0.15) is 6.04 Å². The van der Waals surface area contributed by atoms with E-state index in [4.69, 9.17) is 4.74 Å². The van der Waals surface area contributed by atoms with E-state index in [1.54, 1.807) is 0 Å². The molecule has 0 bridgehead atoms. The number of nitrogens with zero attached hydrogens (tertiary/aromatic N) is 1. The van der Waals surface area contributed by atoms with Crippen molar-refractivity contribution in [3.05, 3.63) is 0 Å². The summed E-state index contributed by atoms with van der Waals surface area (Å²) in [5.41, 5.74) is 0. The SMILES string of the molecule is CCCN(C)CCC(NCC)C(=O)OC. The maximum Gasteiger partial charge on any atom is 0.322 e. The average Bonchev–Trinajstić information content (AvgIpc) is 2.23. The Morgan fingerprint density at radius 3 is 2.53 bits per heavy atom. The van der Waals surface area contributed by atoms with Gasteiger partial charge in [0.05, 0.1) is 7.11 Å².